The van der Waals surface area contributed by atoms with Gasteiger partial charge in [-0.3, -0.25) is 14.2 Å². The maximum absolute atomic E-state index is 12.7. The Morgan fingerprint density at radius 3 is 2.35 bits per heavy atom. The van der Waals surface area contributed by atoms with Gasteiger partial charge in [0.15, 0.2) is 17.6 Å². The lowest BCUT2D eigenvalue weighted by atomic mass is 10.1. The van der Waals surface area contributed by atoms with E-state index in [1.165, 1.54) is 11.8 Å². The highest BCUT2D eigenvalue weighted by Gasteiger charge is 2.20. The van der Waals surface area contributed by atoms with Gasteiger partial charge in [0.05, 0.1) is 0 Å². The Bertz CT molecular complexity index is 1110. The third-order valence-corrected chi connectivity index (χ3v) is 5.65. The summed E-state index contributed by atoms with van der Waals surface area (Å²) in [4.78, 5) is 33.7. The Balaban J connectivity index is 1.61. The summed E-state index contributed by atoms with van der Waals surface area (Å²) in [7, 11) is 0. The number of ether oxygens (including phenoxy) is 1. The van der Waals surface area contributed by atoms with Gasteiger partial charge in [0.1, 0.15) is 5.76 Å². The maximum Gasteiger partial charge on any atom is 0.306 e. The second kappa shape index (κ2) is 9.47. The molecule has 9 heteroatoms. The van der Waals surface area contributed by atoms with Crippen LogP contribution in [0.2, 0.25) is 0 Å². The van der Waals surface area contributed by atoms with Crippen molar-refractivity contribution in [3.8, 4) is 5.82 Å². The first-order valence-electron chi connectivity index (χ1n) is 9.90. The minimum Gasteiger partial charge on any atom is -0.457 e. The molecule has 0 amide bonds. The SMILES string of the molecule is CSc1nc(C)c(CCC(=O)OCC(=O)c2cc(C)n(-c3cc(C)on3)c2C)c(C)n1. The quantitative estimate of drug-likeness (QED) is 0.224. The second-order valence-electron chi connectivity index (χ2n) is 7.36. The molecule has 0 bridgehead atoms. The number of carbonyl (C=O) groups is 2. The maximum atomic E-state index is 12.7. The van der Waals surface area contributed by atoms with Gasteiger partial charge in [0.2, 0.25) is 5.78 Å². The lowest BCUT2D eigenvalue weighted by molar-refractivity contribution is -0.142. The summed E-state index contributed by atoms with van der Waals surface area (Å²) in [6, 6.07) is 3.57. The third-order valence-electron chi connectivity index (χ3n) is 5.10. The Labute approximate surface area is 185 Å². The molecule has 0 fully saturated rings. The number of ketones is 1. The minimum atomic E-state index is -0.429. The van der Waals surface area contributed by atoms with Crippen LogP contribution in [0, 0.1) is 34.6 Å². The molecule has 0 aliphatic carbocycles. The molecular weight excluding hydrogens is 416 g/mol. The van der Waals surface area contributed by atoms with Gasteiger partial charge in [-0.1, -0.05) is 16.9 Å². The molecule has 3 rings (SSSR count). The second-order valence-corrected chi connectivity index (χ2v) is 8.13. The highest BCUT2D eigenvalue weighted by Crippen LogP contribution is 2.21. The van der Waals surface area contributed by atoms with Crippen LogP contribution in [0.4, 0.5) is 0 Å². The standard InChI is InChI=1S/C22H26N4O4S/c1-12-9-18(16(5)26(12)20-10-13(2)30-25-20)19(27)11-29-21(28)8-7-17-14(3)23-22(31-6)24-15(17)4/h9-10H,7-8,11H2,1-6H3. The Morgan fingerprint density at radius 2 is 1.77 bits per heavy atom. The predicted molar refractivity (Wildman–Crippen MR) is 117 cm³/mol. The fourth-order valence-electron chi connectivity index (χ4n) is 3.54. The van der Waals surface area contributed by atoms with Gasteiger partial charge in [-0.2, -0.15) is 0 Å². The third kappa shape index (κ3) is 5.04. The van der Waals surface area contributed by atoms with Crippen LogP contribution >= 0.6 is 11.8 Å². The molecule has 8 nitrogen and oxygen atoms in total. The van der Waals surface area contributed by atoms with Crippen molar-refractivity contribution in [1.29, 1.82) is 0 Å². The molecule has 3 heterocycles. The minimum absolute atomic E-state index is 0.161. The summed E-state index contributed by atoms with van der Waals surface area (Å²) >= 11 is 1.48. The summed E-state index contributed by atoms with van der Waals surface area (Å²) in [6.45, 7) is 9.03. The van der Waals surface area contributed by atoms with Crippen molar-refractivity contribution in [2.75, 3.05) is 12.9 Å². The van der Waals surface area contributed by atoms with Crippen LogP contribution in [0.15, 0.2) is 21.8 Å². The van der Waals surface area contributed by atoms with Gasteiger partial charge in [-0.15, -0.1) is 0 Å². The lowest BCUT2D eigenvalue weighted by Gasteiger charge is -2.10. The number of aromatic nitrogens is 4. The molecule has 164 valence electrons. The number of hydrogen-bond donors (Lipinski definition) is 0. The molecule has 3 aromatic rings. The zero-order chi connectivity index (χ0) is 22.7. The lowest BCUT2D eigenvalue weighted by Crippen LogP contribution is -2.16. The van der Waals surface area contributed by atoms with Crippen LogP contribution in [0.5, 0.6) is 0 Å². The molecule has 0 aliphatic heterocycles. The van der Waals surface area contributed by atoms with Gasteiger partial charge >= 0.3 is 5.97 Å². The summed E-state index contributed by atoms with van der Waals surface area (Å²) in [5.74, 6) is 0.613. The average Bonchev–Trinajstić information content (AvgIpc) is 3.27. The zero-order valence-corrected chi connectivity index (χ0v) is 19.4. The van der Waals surface area contributed by atoms with Crippen molar-refractivity contribution in [3.63, 3.8) is 0 Å². The first-order valence-corrected chi connectivity index (χ1v) is 11.1. The molecule has 0 radical (unpaired) electrons. The first-order chi connectivity index (χ1) is 14.7. The van der Waals surface area contributed by atoms with Crippen molar-refractivity contribution in [2.45, 2.75) is 52.6 Å². The number of esters is 1. The molecule has 0 spiro atoms. The van der Waals surface area contributed by atoms with E-state index in [1.807, 2.05) is 45.4 Å². The van der Waals surface area contributed by atoms with Crippen LogP contribution in [-0.4, -0.2) is 44.3 Å². The molecule has 0 atom stereocenters. The van der Waals surface area contributed by atoms with E-state index < -0.39 is 5.97 Å². The molecule has 0 aromatic carbocycles. The first kappa shape index (κ1) is 22.7. The number of hydrogen-bond acceptors (Lipinski definition) is 8. The smallest absolute Gasteiger partial charge is 0.306 e. The van der Waals surface area contributed by atoms with Crippen LogP contribution in [0.3, 0.4) is 0 Å². The van der Waals surface area contributed by atoms with E-state index in [0.717, 1.165) is 28.3 Å². The van der Waals surface area contributed by atoms with Gasteiger partial charge in [0, 0.05) is 40.8 Å². The molecule has 0 N–H and O–H groups in total. The fraction of sp³-hybridized carbons (Fsp3) is 0.409. The number of thioether (sulfide) groups is 1. The van der Waals surface area contributed by atoms with Crippen LogP contribution in [-0.2, 0) is 16.0 Å². The Kier molecular flexibility index (Phi) is 6.94. The van der Waals surface area contributed by atoms with Gasteiger partial charge in [-0.05, 0) is 58.9 Å². The topological polar surface area (TPSA) is 100 Å². The molecule has 31 heavy (non-hydrogen) atoms. The van der Waals surface area contributed by atoms with Crippen LogP contribution in [0.1, 0.15) is 50.9 Å². The van der Waals surface area contributed by atoms with Crippen molar-refractivity contribution in [2.24, 2.45) is 0 Å². The van der Waals surface area contributed by atoms with Crippen molar-refractivity contribution in [3.05, 3.63) is 51.8 Å². The molecular formula is C22H26N4O4S. The van der Waals surface area contributed by atoms with Crippen molar-refractivity contribution in [1.82, 2.24) is 19.7 Å². The molecule has 0 aliphatic rings. The van der Waals surface area contributed by atoms with E-state index in [1.54, 1.807) is 12.1 Å². The summed E-state index contributed by atoms with van der Waals surface area (Å²) < 4.78 is 12.2. The van der Waals surface area contributed by atoms with Gasteiger partial charge in [0.25, 0.3) is 0 Å². The predicted octanol–water partition coefficient (Wildman–Crippen LogP) is 3.88. The number of rotatable bonds is 8. The van der Waals surface area contributed by atoms with Gasteiger partial charge < -0.3 is 9.26 Å². The molecule has 0 saturated heterocycles. The van der Waals surface area contributed by atoms with Crippen molar-refractivity contribution >= 4 is 23.5 Å². The monoisotopic (exact) mass is 442 g/mol. The van der Waals surface area contributed by atoms with Gasteiger partial charge in [-0.25, -0.2) is 9.97 Å². The largest absolute Gasteiger partial charge is 0.457 e. The van der Waals surface area contributed by atoms with E-state index in [9.17, 15) is 9.59 Å². The van der Waals surface area contributed by atoms with E-state index in [2.05, 4.69) is 15.1 Å². The van der Waals surface area contributed by atoms with E-state index in [-0.39, 0.29) is 18.8 Å². The highest BCUT2D eigenvalue weighted by molar-refractivity contribution is 7.98. The molecule has 0 saturated carbocycles. The highest BCUT2D eigenvalue weighted by atomic mass is 32.2. The summed E-state index contributed by atoms with van der Waals surface area (Å²) in [5, 5.41) is 4.73. The van der Waals surface area contributed by atoms with Crippen LogP contribution < -0.4 is 0 Å². The number of aryl methyl sites for hydroxylation is 4. The molecule has 0 unspecified atom stereocenters. The summed E-state index contributed by atoms with van der Waals surface area (Å²) in [6.07, 6.45) is 2.56. The van der Waals surface area contributed by atoms with Crippen molar-refractivity contribution < 1.29 is 18.8 Å². The number of Topliss-reactive ketones (excluding diaryl/α,β-unsaturated/α-hetero) is 1. The fourth-order valence-corrected chi connectivity index (χ4v) is 4.00. The van der Waals surface area contributed by atoms with Crippen LogP contribution in [0.25, 0.3) is 5.82 Å². The van der Waals surface area contributed by atoms with E-state index in [4.69, 9.17) is 9.26 Å². The Morgan fingerprint density at radius 1 is 1.10 bits per heavy atom. The Hall–Kier alpha value is -2.94. The molecule has 3 aromatic heterocycles. The normalized spacial score (nSPS) is 11.0. The zero-order valence-electron chi connectivity index (χ0n) is 18.6. The van der Waals surface area contributed by atoms with E-state index in [0.29, 0.717) is 28.7 Å². The average molecular weight is 443 g/mol. The summed E-state index contributed by atoms with van der Waals surface area (Å²) in [5.41, 5.74) is 4.72. The van der Waals surface area contributed by atoms with E-state index >= 15 is 0 Å². The number of nitrogens with zero attached hydrogens (tertiary/aromatic N) is 4. The number of carbonyl (C=O) groups excluding carboxylic acids is 2.